The van der Waals surface area contributed by atoms with Gasteiger partial charge in [-0.15, -0.1) is 5.10 Å². The number of aryl methyl sites for hydroxylation is 2. The van der Waals surface area contributed by atoms with Gasteiger partial charge in [-0.25, -0.2) is 4.68 Å². The highest BCUT2D eigenvalue weighted by molar-refractivity contribution is 6.30. The summed E-state index contributed by atoms with van der Waals surface area (Å²) in [5.41, 5.74) is 4.76. The molecule has 6 nitrogen and oxygen atoms in total. The second kappa shape index (κ2) is 7.64. The molecule has 7 heteroatoms. The number of halogens is 1. The van der Waals surface area contributed by atoms with E-state index in [1.165, 1.54) is 11.1 Å². The molecule has 1 saturated heterocycles. The maximum atomic E-state index is 12.8. The van der Waals surface area contributed by atoms with E-state index < -0.39 is 0 Å². The molecule has 1 aromatic heterocycles. The van der Waals surface area contributed by atoms with Gasteiger partial charge in [0.1, 0.15) is 0 Å². The zero-order valence-electron chi connectivity index (χ0n) is 16.0. The van der Waals surface area contributed by atoms with Gasteiger partial charge in [-0.1, -0.05) is 28.9 Å². The van der Waals surface area contributed by atoms with Gasteiger partial charge in [0.05, 0.1) is 11.9 Å². The summed E-state index contributed by atoms with van der Waals surface area (Å²) in [6.07, 6.45) is 1.70. The number of carbonyl (C=O) groups excluding carboxylic acids is 1. The Morgan fingerprint density at radius 2 is 1.75 bits per heavy atom. The Morgan fingerprint density at radius 1 is 0.964 bits per heavy atom. The minimum atomic E-state index is -0.0826. The zero-order valence-corrected chi connectivity index (χ0v) is 16.7. The Kier molecular flexibility index (Phi) is 5.05. The van der Waals surface area contributed by atoms with Gasteiger partial charge in [0.15, 0.2) is 5.69 Å². The molecule has 28 heavy (non-hydrogen) atoms. The Labute approximate surface area is 169 Å². The lowest BCUT2D eigenvalue weighted by Crippen LogP contribution is -2.48. The largest absolute Gasteiger partial charge is 0.368 e. The Bertz CT molecular complexity index is 1010. The van der Waals surface area contributed by atoms with E-state index in [1.54, 1.807) is 10.9 Å². The van der Waals surface area contributed by atoms with E-state index in [-0.39, 0.29) is 5.91 Å². The Balaban J connectivity index is 1.43. The first-order chi connectivity index (χ1) is 13.5. The predicted octanol–water partition coefficient (Wildman–Crippen LogP) is 3.50. The molecule has 0 aliphatic carbocycles. The molecule has 0 radical (unpaired) electrons. The van der Waals surface area contributed by atoms with Gasteiger partial charge in [0.25, 0.3) is 5.91 Å². The highest BCUT2D eigenvalue weighted by Crippen LogP contribution is 2.21. The van der Waals surface area contributed by atoms with Crippen LogP contribution in [0.2, 0.25) is 5.02 Å². The summed E-state index contributed by atoms with van der Waals surface area (Å²) in [6, 6.07) is 13.9. The molecule has 1 aliphatic heterocycles. The van der Waals surface area contributed by atoms with Gasteiger partial charge in [-0.3, -0.25) is 4.79 Å². The molecule has 1 fully saturated rings. The smallest absolute Gasteiger partial charge is 0.276 e. The van der Waals surface area contributed by atoms with Gasteiger partial charge in [0.2, 0.25) is 0 Å². The molecule has 0 bridgehead atoms. The summed E-state index contributed by atoms with van der Waals surface area (Å²) < 4.78 is 1.65. The van der Waals surface area contributed by atoms with E-state index in [2.05, 4.69) is 29.1 Å². The molecule has 3 aromatic rings. The average Bonchev–Trinajstić information content (AvgIpc) is 3.20. The molecule has 1 amide bonds. The average molecular weight is 396 g/mol. The fourth-order valence-electron chi connectivity index (χ4n) is 3.36. The predicted molar refractivity (Wildman–Crippen MR) is 110 cm³/mol. The molecule has 0 saturated carbocycles. The lowest BCUT2D eigenvalue weighted by atomic mass is 10.1. The van der Waals surface area contributed by atoms with Crippen LogP contribution in [0.5, 0.6) is 0 Å². The van der Waals surface area contributed by atoms with Gasteiger partial charge >= 0.3 is 0 Å². The SMILES string of the molecule is Cc1ccc(-n2cc(C(=O)N3CCN(c4cccc(Cl)c4)CC3)nn2)cc1C. The Hall–Kier alpha value is -2.86. The van der Waals surface area contributed by atoms with Crippen molar-refractivity contribution in [3.05, 3.63) is 70.5 Å². The van der Waals surface area contributed by atoms with Crippen molar-refractivity contribution in [1.29, 1.82) is 0 Å². The van der Waals surface area contributed by atoms with Crippen LogP contribution < -0.4 is 4.90 Å². The standard InChI is InChI=1S/C21H22ClN5O/c1-15-6-7-19(12-16(15)2)27-14-20(23-24-27)21(28)26-10-8-25(9-11-26)18-5-3-4-17(22)13-18/h3-7,12-14H,8-11H2,1-2H3. The third kappa shape index (κ3) is 3.73. The lowest BCUT2D eigenvalue weighted by molar-refractivity contribution is 0.0741. The van der Waals surface area contributed by atoms with Crippen molar-refractivity contribution < 1.29 is 4.79 Å². The number of carbonyl (C=O) groups is 1. The minimum absolute atomic E-state index is 0.0826. The second-order valence-electron chi connectivity index (χ2n) is 7.08. The summed E-state index contributed by atoms with van der Waals surface area (Å²) in [5.74, 6) is -0.0826. The third-order valence-electron chi connectivity index (χ3n) is 5.21. The number of nitrogens with zero attached hydrogens (tertiary/aromatic N) is 5. The van der Waals surface area contributed by atoms with Crippen molar-refractivity contribution in [1.82, 2.24) is 19.9 Å². The molecule has 4 rings (SSSR count). The number of benzene rings is 2. The highest BCUT2D eigenvalue weighted by Gasteiger charge is 2.24. The van der Waals surface area contributed by atoms with Crippen molar-refractivity contribution in [3.63, 3.8) is 0 Å². The van der Waals surface area contributed by atoms with Gasteiger partial charge in [-0.2, -0.15) is 0 Å². The number of aromatic nitrogens is 3. The van der Waals surface area contributed by atoms with E-state index in [0.29, 0.717) is 18.8 Å². The maximum absolute atomic E-state index is 12.8. The normalized spacial score (nSPS) is 14.4. The second-order valence-corrected chi connectivity index (χ2v) is 7.51. The first-order valence-corrected chi connectivity index (χ1v) is 9.69. The monoisotopic (exact) mass is 395 g/mol. The molecule has 0 atom stereocenters. The molecule has 2 aromatic carbocycles. The van der Waals surface area contributed by atoms with Gasteiger partial charge < -0.3 is 9.80 Å². The van der Waals surface area contributed by atoms with Crippen molar-refractivity contribution in [2.24, 2.45) is 0 Å². The van der Waals surface area contributed by atoms with Crippen LogP contribution in [0.3, 0.4) is 0 Å². The van der Waals surface area contributed by atoms with Crippen LogP contribution in [0.1, 0.15) is 21.6 Å². The van der Waals surface area contributed by atoms with Crippen LogP contribution in [0.15, 0.2) is 48.7 Å². The molecule has 0 spiro atoms. The number of anilines is 1. The Morgan fingerprint density at radius 3 is 2.46 bits per heavy atom. The van der Waals surface area contributed by atoms with Crippen LogP contribution in [0.25, 0.3) is 5.69 Å². The van der Waals surface area contributed by atoms with Crippen LogP contribution in [-0.4, -0.2) is 52.0 Å². The van der Waals surface area contributed by atoms with Crippen LogP contribution >= 0.6 is 11.6 Å². The van der Waals surface area contributed by atoms with Crippen LogP contribution in [-0.2, 0) is 0 Å². The number of hydrogen-bond acceptors (Lipinski definition) is 4. The van der Waals surface area contributed by atoms with Crippen molar-refractivity contribution in [2.75, 3.05) is 31.1 Å². The van der Waals surface area contributed by atoms with Crippen LogP contribution in [0, 0.1) is 13.8 Å². The van der Waals surface area contributed by atoms with Gasteiger partial charge in [0, 0.05) is 36.9 Å². The molecular formula is C21H22ClN5O. The third-order valence-corrected chi connectivity index (χ3v) is 5.44. The van der Waals surface area contributed by atoms with E-state index >= 15 is 0 Å². The molecule has 0 N–H and O–H groups in total. The van der Waals surface area contributed by atoms with Crippen molar-refractivity contribution in [3.8, 4) is 5.69 Å². The van der Waals surface area contributed by atoms with Crippen LogP contribution in [0.4, 0.5) is 5.69 Å². The lowest BCUT2D eigenvalue weighted by Gasteiger charge is -2.35. The zero-order chi connectivity index (χ0) is 19.7. The van der Waals surface area contributed by atoms with Crippen molar-refractivity contribution in [2.45, 2.75) is 13.8 Å². The molecular weight excluding hydrogens is 374 g/mol. The molecule has 0 unspecified atom stereocenters. The first kappa shape index (κ1) is 18.5. The maximum Gasteiger partial charge on any atom is 0.276 e. The van der Waals surface area contributed by atoms with Gasteiger partial charge in [-0.05, 0) is 55.3 Å². The fraction of sp³-hybridized carbons (Fsp3) is 0.286. The summed E-state index contributed by atoms with van der Waals surface area (Å²) in [5, 5.41) is 8.96. The summed E-state index contributed by atoms with van der Waals surface area (Å²) in [7, 11) is 0. The van der Waals surface area contributed by atoms with E-state index in [1.807, 2.05) is 47.4 Å². The van der Waals surface area contributed by atoms with E-state index in [9.17, 15) is 4.79 Å². The molecule has 1 aliphatic rings. The summed E-state index contributed by atoms with van der Waals surface area (Å²) in [4.78, 5) is 16.9. The van der Waals surface area contributed by atoms with E-state index in [4.69, 9.17) is 11.6 Å². The highest BCUT2D eigenvalue weighted by atomic mass is 35.5. The quantitative estimate of drug-likeness (QED) is 0.681. The van der Waals surface area contributed by atoms with E-state index in [0.717, 1.165) is 29.5 Å². The fourth-order valence-corrected chi connectivity index (χ4v) is 3.54. The number of hydrogen-bond donors (Lipinski definition) is 0. The number of piperazine rings is 1. The summed E-state index contributed by atoms with van der Waals surface area (Å²) in [6.45, 7) is 6.93. The number of amides is 1. The minimum Gasteiger partial charge on any atom is -0.368 e. The number of rotatable bonds is 3. The first-order valence-electron chi connectivity index (χ1n) is 9.31. The topological polar surface area (TPSA) is 54.3 Å². The van der Waals surface area contributed by atoms with Crippen molar-refractivity contribution >= 4 is 23.2 Å². The summed E-state index contributed by atoms with van der Waals surface area (Å²) >= 11 is 6.09. The molecule has 144 valence electrons. The molecule has 2 heterocycles.